The van der Waals surface area contributed by atoms with E-state index in [1.807, 2.05) is 24.3 Å². The maximum absolute atomic E-state index is 11.2. The second kappa shape index (κ2) is 3.58. The van der Waals surface area contributed by atoms with Crippen molar-refractivity contribution in [1.82, 2.24) is 0 Å². The van der Waals surface area contributed by atoms with Crippen LogP contribution in [0.25, 0.3) is 6.08 Å². The van der Waals surface area contributed by atoms with Crippen molar-refractivity contribution >= 4 is 6.08 Å². The molecular weight excluding hydrogens is 218 g/mol. The number of benzene rings is 1. The van der Waals surface area contributed by atoms with E-state index in [-0.39, 0.29) is 10.6 Å². The first-order valence-corrected chi connectivity index (χ1v) is 5.86. The van der Waals surface area contributed by atoms with Crippen LogP contribution in [0.1, 0.15) is 31.2 Å². The first kappa shape index (κ1) is 10.3. The number of para-hydroxylation sites is 1. The Bertz CT molecular complexity index is 501. The lowest BCUT2D eigenvalue weighted by atomic mass is 9.93. The highest BCUT2D eigenvalue weighted by atomic mass is 16.6. The molecule has 2 aliphatic rings. The second-order valence-electron chi connectivity index (χ2n) is 4.63. The molecule has 0 saturated heterocycles. The lowest BCUT2D eigenvalue weighted by Gasteiger charge is -2.31. The Labute approximate surface area is 99.1 Å². The van der Waals surface area contributed by atoms with Gasteiger partial charge in [0, 0.05) is 11.6 Å². The van der Waals surface area contributed by atoms with Gasteiger partial charge in [-0.2, -0.15) is 0 Å². The van der Waals surface area contributed by atoms with Gasteiger partial charge in [0.2, 0.25) is 0 Å². The summed E-state index contributed by atoms with van der Waals surface area (Å²) in [6.45, 7) is 0. The summed E-state index contributed by atoms with van der Waals surface area (Å²) in [5.74, 6) is 0.764. The van der Waals surface area contributed by atoms with Crippen LogP contribution in [0.3, 0.4) is 0 Å². The minimum absolute atomic E-state index is 0.216. The number of hydrogen-bond acceptors (Lipinski definition) is 3. The van der Waals surface area contributed by atoms with Gasteiger partial charge in [-0.3, -0.25) is 10.1 Å². The molecule has 1 saturated carbocycles. The number of rotatable bonds is 1. The first-order chi connectivity index (χ1) is 8.21. The highest BCUT2D eigenvalue weighted by Gasteiger charge is 2.49. The van der Waals surface area contributed by atoms with Crippen molar-refractivity contribution in [3.63, 3.8) is 0 Å². The van der Waals surface area contributed by atoms with Crippen molar-refractivity contribution < 1.29 is 9.66 Å². The fourth-order valence-electron chi connectivity index (χ4n) is 2.76. The maximum Gasteiger partial charge on any atom is 0.290 e. The molecule has 1 aromatic rings. The first-order valence-electron chi connectivity index (χ1n) is 5.86. The highest BCUT2D eigenvalue weighted by molar-refractivity contribution is 5.62. The molecule has 0 unspecified atom stereocenters. The predicted octanol–water partition coefficient (Wildman–Crippen LogP) is 3.01. The molecule has 0 aromatic heterocycles. The second-order valence-corrected chi connectivity index (χ2v) is 4.63. The van der Waals surface area contributed by atoms with Gasteiger partial charge in [0.15, 0.2) is 5.60 Å². The molecule has 4 heteroatoms. The fourth-order valence-corrected chi connectivity index (χ4v) is 2.76. The fraction of sp³-hybridized carbons (Fsp3) is 0.385. The molecule has 1 aliphatic carbocycles. The zero-order valence-corrected chi connectivity index (χ0v) is 9.39. The summed E-state index contributed by atoms with van der Waals surface area (Å²) in [4.78, 5) is 10.9. The van der Waals surface area contributed by atoms with Gasteiger partial charge in [-0.25, -0.2) is 0 Å². The number of fused-ring (bicyclic) bond motifs is 1. The summed E-state index contributed by atoms with van der Waals surface area (Å²) in [5, 5.41) is 11.2. The monoisotopic (exact) mass is 231 g/mol. The summed E-state index contributed by atoms with van der Waals surface area (Å²) in [7, 11) is 0. The molecular formula is C13H13NO3. The van der Waals surface area contributed by atoms with Crippen molar-refractivity contribution in [2.24, 2.45) is 0 Å². The zero-order valence-electron chi connectivity index (χ0n) is 9.39. The molecule has 0 amide bonds. The van der Waals surface area contributed by atoms with E-state index < -0.39 is 5.60 Å². The maximum atomic E-state index is 11.2. The molecule has 88 valence electrons. The van der Waals surface area contributed by atoms with Gasteiger partial charge in [0.05, 0.1) is 4.92 Å². The third-order valence-corrected chi connectivity index (χ3v) is 3.59. The Hall–Kier alpha value is -1.84. The molecule has 1 spiro atoms. The molecule has 1 aromatic carbocycles. The Morgan fingerprint density at radius 2 is 1.94 bits per heavy atom. The molecule has 1 heterocycles. The van der Waals surface area contributed by atoms with E-state index in [1.54, 1.807) is 6.08 Å². The average molecular weight is 231 g/mol. The molecule has 3 rings (SSSR count). The normalized spacial score (nSPS) is 20.6. The number of nitrogens with zero attached hydrogens (tertiary/aromatic N) is 1. The van der Waals surface area contributed by atoms with Crippen LogP contribution in [0.2, 0.25) is 0 Å². The van der Waals surface area contributed by atoms with Crippen molar-refractivity contribution in [3.05, 3.63) is 45.6 Å². The molecule has 0 radical (unpaired) electrons. The summed E-state index contributed by atoms with van der Waals surface area (Å²) < 4.78 is 5.94. The Morgan fingerprint density at radius 3 is 2.65 bits per heavy atom. The average Bonchev–Trinajstić information content (AvgIpc) is 2.77. The van der Waals surface area contributed by atoms with Crippen LogP contribution in [-0.4, -0.2) is 10.5 Å². The summed E-state index contributed by atoms with van der Waals surface area (Å²) in [6, 6.07) is 7.48. The van der Waals surface area contributed by atoms with Crippen LogP contribution >= 0.6 is 0 Å². The van der Waals surface area contributed by atoms with Crippen molar-refractivity contribution in [2.45, 2.75) is 31.3 Å². The topological polar surface area (TPSA) is 52.4 Å². The third kappa shape index (κ3) is 1.52. The summed E-state index contributed by atoms with van der Waals surface area (Å²) in [6.07, 6.45) is 5.15. The van der Waals surface area contributed by atoms with Gasteiger partial charge in [0.25, 0.3) is 5.70 Å². The van der Waals surface area contributed by atoms with E-state index >= 15 is 0 Å². The molecule has 4 nitrogen and oxygen atoms in total. The van der Waals surface area contributed by atoms with E-state index in [1.165, 1.54) is 0 Å². The molecule has 1 aliphatic heterocycles. The standard InChI is InChI=1S/C13H13NO3/c15-14(16)12-9-10-5-1-2-6-11(10)17-13(12)7-3-4-8-13/h1-2,5-6,9H,3-4,7-8H2. The van der Waals surface area contributed by atoms with E-state index in [0.29, 0.717) is 0 Å². The van der Waals surface area contributed by atoms with Crippen LogP contribution in [0.15, 0.2) is 30.0 Å². The molecule has 17 heavy (non-hydrogen) atoms. The van der Waals surface area contributed by atoms with Crippen LogP contribution in [0, 0.1) is 10.1 Å². The summed E-state index contributed by atoms with van der Waals surface area (Å²) >= 11 is 0. The number of ether oxygens (including phenoxy) is 1. The van der Waals surface area contributed by atoms with Crippen molar-refractivity contribution in [2.75, 3.05) is 0 Å². The minimum Gasteiger partial charge on any atom is -0.475 e. The van der Waals surface area contributed by atoms with E-state index in [0.717, 1.165) is 37.0 Å². The van der Waals surface area contributed by atoms with Gasteiger partial charge in [-0.1, -0.05) is 18.2 Å². The van der Waals surface area contributed by atoms with Gasteiger partial charge in [0.1, 0.15) is 5.75 Å². The minimum atomic E-state index is -0.683. The summed E-state index contributed by atoms with van der Waals surface area (Å²) in [5.41, 5.74) is 0.336. The van der Waals surface area contributed by atoms with Crippen LogP contribution in [0.4, 0.5) is 0 Å². The molecule has 0 N–H and O–H groups in total. The Kier molecular flexibility index (Phi) is 2.18. The molecule has 0 bridgehead atoms. The predicted molar refractivity (Wildman–Crippen MR) is 63.2 cm³/mol. The Balaban J connectivity index is 2.13. The van der Waals surface area contributed by atoms with Crippen molar-refractivity contribution in [3.8, 4) is 5.75 Å². The van der Waals surface area contributed by atoms with E-state index in [4.69, 9.17) is 4.74 Å². The number of hydrogen-bond donors (Lipinski definition) is 0. The third-order valence-electron chi connectivity index (χ3n) is 3.59. The van der Waals surface area contributed by atoms with Gasteiger partial charge < -0.3 is 4.74 Å². The van der Waals surface area contributed by atoms with E-state index in [2.05, 4.69) is 0 Å². The van der Waals surface area contributed by atoms with Crippen LogP contribution in [-0.2, 0) is 0 Å². The van der Waals surface area contributed by atoms with Gasteiger partial charge in [-0.15, -0.1) is 0 Å². The Morgan fingerprint density at radius 1 is 1.24 bits per heavy atom. The zero-order chi connectivity index (χ0) is 11.9. The van der Waals surface area contributed by atoms with Crippen LogP contribution < -0.4 is 4.74 Å². The largest absolute Gasteiger partial charge is 0.475 e. The van der Waals surface area contributed by atoms with Crippen LogP contribution in [0.5, 0.6) is 5.75 Å². The number of nitro groups is 1. The SMILES string of the molecule is O=[N+]([O-])C1=Cc2ccccc2OC12CCCC2. The highest BCUT2D eigenvalue weighted by Crippen LogP contribution is 2.45. The van der Waals surface area contributed by atoms with E-state index in [9.17, 15) is 10.1 Å². The molecule has 0 atom stereocenters. The lowest BCUT2D eigenvalue weighted by molar-refractivity contribution is -0.441. The van der Waals surface area contributed by atoms with Gasteiger partial charge >= 0.3 is 0 Å². The smallest absolute Gasteiger partial charge is 0.290 e. The molecule has 1 fully saturated rings. The van der Waals surface area contributed by atoms with Crippen molar-refractivity contribution in [1.29, 1.82) is 0 Å². The quantitative estimate of drug-likeness (QED) is 0.551. The van der Waals surface area contributed by atoms with Gasteiger partial charge in [-0.05, 0) is 31.7 Å². The lowest BCUT2D eigenvalue weighted by Crippen LogP contribution is -2.40.